The summed E-state index contributed by atoms with van der Waals surface area (Å²) in [6.07, 6.45) is 1.61. The molecule has 1 aliphatic heterocycles. The van der Waals surface area contributed by atoms with E-state index in [2.05, 4.69) is 0 Å². The highest BCUT2D eigenvalue weighted by Crippen LogP contribution is 2.10. The summed E-state index contributed by atoms with van der Waals surface area (Å²) in [5.41, 5.74) is 0. The van der Waals surface area contributed by atoms with Crippen LogP contribution in [0.5, 0.6) is 0 Å². The van der Waals surface area contributed by atoms with Gasteiger partial charge in [-0.05, 0) is 0 Å². The summed E-state index contributed by atoms with van der Waals surface area (Å²) >= 11 is 0. The van der Waals surface area contributed by atoms with Crippen molar-refractivity contribution in [1.29, 1.82) is 0 Å². The van der Waals surface area contributed by atoms with Gasteiger partial charge in [0.2, 0.25) is 0 Å². The second-order valence-corrected chi connectivity index (χ2v) is 3.16. The minimum Gasteiger partial charge on any atom is -0.393 e. The fourth-order valence-corrected chi connectivity index (χ4v) is 1.14. The Hall–Kier alpha value is -0.120. The van der Waals surface area contributed by atoms with Crippen LogP contribution >= 0.6 is 0 Å². The fraction of sp³-hybridized carbons (Fsp3) is 1.00. The summed E-state index contributed by atoms with van der Waals surface area (Å²) in [5.74, 6) is 5.77. The molecule has 1 aliphatic rings. The lowest BCUT2D eigenvalue weighted by molar-refractivity contribution is -0.926. The molecular formula is C6H15N2O+. The number of nitrogens with zero attached hydrogens (tertiary/aromatic N) is 1. The van der Waals surface area contributed by atoms with Crippen LogP contribution in [0.3, 0.4) is 0 Å². The van der Waals surface area contributed by atoms with Crippen LogP contribution in [-0.4, -0.2) is 35.9 Å². The maximum Gasteiger partial charge on any atom is 0.0983 e. The van der Waals surface area contributed by atoms with E-state index in [4.69, 9.17) is 10.9 Å². The first-order valence-corrected chi connectivity index (χ1v) is 3.41. The number of aliphatic hydroxyl groups is 1. The lowest BCUT2D eigenvalue weighted by Crippen LogP contribution is -2.56. The Morgan fingerprint density at radius 2 is 1.89 bits per heavy atom. The first-order chi connectivity index (χ1) is 4.10. The smallest absolute Gasteiger partial charge is 0.0983 e. The standard InChI is InChI=1S/C6H15N2O/c1-8(7)4-2-6(9)3-5-8/h6,9H,2-5,7H2,1H3/q+1. The Labute approximate surface area is 55.6 Å². The molecule has 0 aromatic rings. The van der Waals surface area contributed by atoms with Gasteiger partial charge in [0.1, 0.15) is 0 Å². The molecule has 0 bridgehead atoms. The predicted molar refractivity (Wildman–Crippen MR) is 35.3 cm³/mol. The number of piperidine rings is 1. The van der Waals surface area contributed by atoms with Crippen molar-refractivity contribution in [2.24, 2.45) is 5.84 Å². The van der Waals surface area contributed by atoms with Gasteiger partial charge in [0, 0.05) is 12.8 Å². The number of likely N-dealkylation sites (tertiary alicyclic amines) is 1. The number of nitrogens with two attached hydrogens (primary N) is 1. The van der Waals surface area contributed by atoms with E-state index in [-0.39, 0.29) is 6.10 Å². The molecule has 0 aliphatic carbocycles. The molecule has 0 saturated carbocycles. The summed E-state index contributed by atoms with van der Waals surface area (Å²) < 4.78 is 0.580. The first-order valence-electron chi connectivity index (χ1n) is 3.41. The SMILES string of the molecule is C[N+]1(N)CCC(O)CC1. The van der Waals surface area contributed by atoms with Gasteiger partial charge in [-0.25, -0.2) is 0 Å². The van der Waals surface area contributed by atoms with Gasteiger partial charge in [-0.15, -0.1) is 0 Å². The molecule has 3 heteroatoms. The van der Waals surface area contributed by atoms with E-state index in [0.717, 1.165) is 25.9 Å². The van der Waals surface area contributed by atoms with Crippen LogP contribution in [0.2, 0.25) is 0 Å². The van der Waals surface area contributed by atoms with E-state index in [1.165, 1.54) is 0 Å². The van der Waals surface area contributed by atoms with Crippen molar-refractivity contribution < 1.29 is 9.70 Å². The van der Waals surface area contributed by atoms with Gasteiger partial charge < -0.3 is 5.11 Å². The van der Waals surface area contributed by atoms with Crippen LogP contribution < -0.4 is 5.84 Å². The van der Waals surface area contributed by atoms with Crippen molar-refractivity contribution in [3.63, 3.8) is 0 Å². The van der Waals surface area contributed by atoms with Crippen molar-refractivity contribution in [2.45, 2.75) is 18.9 Å². The second kappa shape index (κ2) is 2.25. The molecule has 0 atom stereocenters. The molecule has 9 heavy (non-hydrogen) atoms. The zero-order valence-electron chi connectivity index (χ0n) is 5.88. The minimum atomic E-state index is -0.0975. The Morgan fingerprint density at radius 1 is 1.44 bits per heavy atom. The topological polar surface area (TPSA) is 46.2 Å². The highest BCUT2D eigenvalue weighted by molar-refractivity contribution is 4.58. The zero-order valence-corrected chi connectivity index (χ0v) is 5.88. The lowest BCUT2D eigenvalue weighted by Gasteiger charge is -2.33. The third-order valence-corrected chi connectivity index (χ3v) is 1.95. The van der Waals surface area contributed by atoms with Crippen LogP contribution in [-0.2, 0) is 0 Å². The summed E-state index contributed by atoms with van der Waals surface area (Å²) in [4.78, 5) is 0. The third-order valence-electron chi connectivity index (χ3n) is 1.95. The Morgan fingerprint density at radius 3 is 2.22 bits per heavy atom. The molecule has 1 rings (SSSR count). The van der Waals surface area contributed by atoms with E-state index in [1.54, 1.807) is 0 Å². The van der Waals surface area contributed by atoms with E-state index < -0.39 is 0 Å². The number of hydrogen-bond donors (Lipinski definition) is 2. The van der Waals surface area contributed by atoms with Gasteiger partial charge in [-0.2, -0.15) is 5.84 Å². The highest BCUT2D eigenvalue weighted by Gasteiger charge is 2.25. The van der Waals surface area contributed by atoms with E-state index in [1.807, 2.05) is 7.05 Å². The Balaban J connectivity index is 2.35. The van der Waals surface area contributed by atoms with Crippen LogP contribution in [0.4, 0.5) is 0 Å². The molecule has 0 amide bonds. The molecule has 3 nitrogen and oxygen atoms in total. The van der Waals surface area contributed by atoms with E-state index in [0.29, 0.717) is 4.59 Å². The Kier molecular flexibility index (Phi) is 1.75. The van der Waals surface area contributed by atoms with Gasteiger partial charge in [0.25, 0.3) is 0 Å². The van der Waals surface area contributed by atoms with Crippen molar-refractivity contribution in [3.05, 3.63) is 0 Å². The molecule has 1 heterocycles. The fourth-order valence-electron chi connectivity index (χ4n) is 1.14. The van der Waals surface area contributed by atoms with Gasteiger partial charge in [-0.1, -0.05) is 0 Å². The maximum atomic E-state index is 9.08. The Bertz CT molecular complexity index is 93.2. The average Bonchev–Trinajstić information content (AvgIpc) is 1.78. The number of rotatable bonds is 0. The van der Waals surface area contributed by atoms with Gasteiger partial charge in [-0.3, -0.25) is 4.59 Å². The second-order valence-electron chi connectivity index (χ2n) is 3.16. The maximum absolute atomic E-state index is 9.08. The molecule has 0 aromatic heterocycles. The molecule has 0 radical (unpaired) electrons. The molecular weight excluding hydrogens is 116 g/mol. The summed E-state index contributed by atoms with van der Waals surface area (Å²) in [6.45, 7) is 1.81. The van der Waals surface area contributed by atoms with Crippen molar-refractivity contribution in [2.75, 3.05) is 20.1 Å². The zero-order chi connectivity index (χ0) is 6.91. The van der Waals surface area contributed by atoms with Crippen LogP contribution in [0, 0.1) is 0 Å². The summed E-state index contributed by atoms with van der Waals surface area (Å²) in [7, 11) is 1.99. The van der Waals surface area contributed by atoms with Gasteiger partial charge >= 0.3 is 0 Å². The normalized spacial score (nSPS) is 45.0. The minimum absolute atomic E-state index is 0.0975. The molecule has 1 fully saturated rings. The average molecular weight is 131 g/mol. The van der Waals surface area contributed by atoms with E-state index in [9.17, 15) is 0 Å². The highest BCUT2D eigenvalue weighted by atomic mass is 16.3. The summed E-state index contributed by atoms with van der Waals surface area (Å²) in [5, 5.41) is 9.08. The quantitative estimate of drug-likeness (QED) is 0.342. The summed E-state index contributed by atoms with van der Waals surface area (Å²) in [6, 6.07) is 0. The predicted octanol–water partition coefficient (Wildman–Crippen LogP) is -0.539. The van der Waals surface area contributed by atoms with E-state index >= 15 is 0 Å². The van der Waals surface area contributed by atoms with Crippen LogP contribution in [0.25, 0.3) is 0 Å². The molecule has 54 valence electrons. The monoisotopic (exact) mass is 131 g/mol. The molecule has 0 aromatic carbocycles. The lowest BCUT2D eigenvalue weighted by atomic mass is 10.1. The van der Waals surface area contributed by atoms with Crippen molar-refractivity contribution in [3.8, 4) is 0 Å². The number of hydrogen-bond acceptors (Lipinski definition) is 2. The molecule has 0 spiro atoms. The van der Waals surface area contributed by atoms with Gasteiger partial charge in [0.05, 0.1) is 26.2 Å². The van der Waals surface area contributed by atoms with Crippen LogP contribution in [0.1, 0.15) is 12.8 Å². The first kappa shape index (κ1) is 6.99. The third kappa shape index (κ3) is 1.93. The largest absolute Gasteiger partial charge is 0.393 e. The van der Waals surface area contributed by atoms with Gasteiger partial charge in [0.15, 0.2) is 0 Å². The van der Waals surface area contributed by atoms with Crippen LogP contribution in [0.15, 0.2) is 0 Å². The number of quaternary nitrogens is 1. The number of aliphatic hydroxyl groups excluding tert-OH is 1. The molecule has 1 saturated heterocycles. The van der Waals surface area contributed by atoms with Crippen molar-refractivity contribution in [1.82, 2.24) is 0 Å². The van der Waals surface area contributed by atoms with Crippen molar-refractivity contribution >= 4 is 0 Å². The molecule has 0 unspecified atom stereocenters. The molecule has 3 N–H and O–H groups in total.